The summed E-state index contributed by atoms with van der Waals surface area (Å²) in [6, 6.07) is 6.95. The maximum atomic E-state index is 11.4. The standard InChI is InChI=1S/C10H10ClNO3/c11-7-2-1-3-8(4-7)12-5-9(6-13)15-10(12)14/h1-4,9,13H,5-6H2/t9-/m1/s1. The maximum absolute atomic E-state index is 11.4. The first kappa shape index (κ1) is 10.3. The van der Waals surface area contributed by atoms with Crippen molar-refractivity contribution in [3.8, 4) is 0 Å². The first-order valence-corrected chi connectivity index (χ1v) is 4.93. The van der Waals surface area contributed by atoms with Gasteiger partial charge in [0.25, 0.3) is 0 Å². The average molecular weight is 228 g/mol. The summed E-state index contributed by atoms with van der Waals surface area (Å²) in [5.74, 6) is 0. The number of aliphatic hydroxyl groups is 1. The first-order valence-electron chi connectivity index (χ1n) is 4.55. The molecular formula is C10H10ClNO3. The van der Waals surface area contributed by atoms with Gasteiger partial charge >= 0.3 is 6.09 Å². The number of aliphatic hydroxyl groups excluding tert-OH is 1. The van der Waals surface area contributed by atoms with Crippen molar-refractivity contribution < 1.29 is 14.6 Å². The second kappa shape index (κ2) is 4.08. The number of rotatable bonds is 2. The predicted molar refractivity (Wildman–Crippen MR) is 56.2 cm³/mol. The van der Waals surface area contributed by atoms with Crippen LogP contribution in [-0.4, -0.2) is 30.5 Å². The summed E-state index contributed by atoms with van der Waals surface area (Å²) in [5.41, 5.74) is 0.684. The van der Waals surface area contributed by atoms with Crippen LogP contribution in [0.5, 0.6) is 0 Å². The Bertz CT molecular complexity index is 383. The van der Waals surface area contributed by atoms with E-state index in [1.807, 2.05) is 0 Å². The number of benzene rings is 1. The van der Waals surface area contributed by atoms with Crippen molar-refractivity contribution in [2.45, 2.75) is 6.10 Å². The Morgan fingerprint density at radius 2 is 2.40 bits per heavy atom. The third-order valence-electron chi connectivity index (χ3n) is 2.20. The topological polar surface area (TPSA) is 49.8 Å². The molecule has 1 amide bonds. The summed E-state index contributed by atoms with van der Waals surface area (Å²) in [6.07, 6.45) is -0.896. The Balaban J connectivity index is 2.21. The summed E-state index contributed by atoms with van der Waals surface area (Å²) in [6.45, 7) is 0.193. The van der Waals surface area contributed by atoms with Gasteiger partial charge in [0, 0.05) is 10.7 Å². The molecule has 1 aliphatic rings. The highest BCUT2D eigenvalue weighted by Gasteiger charge is 2.31. The number of halogens is 1. The lowest BCUT2D eigenvalue weighted by atomic mass is 10.3. The van der Waals surface area contributed by atoms with Crippen LogP contribution in [0.15, 0.2) is 24.3 Å². The fourth-order valence-corrected chi connectivity index (χ4v) is 1.66. The molecule has 0 aromatic heterocycles. The zero-order valence-electron chi connectivity index (χ0n) is 7.89. The Morgan fingerprint density at radius 1 is 1.60 bits per heavy atom. The molecule has 0 bridgehead atoms. The van der Waals surface area contributed by atoms with Crippen LogP contribution in [0.4, 0.5) is 10.5 Å². The SMILES string of the molecule is O=C1O[C@@H](CO)CN1c1cccc(Cl)c1. The number of nitrogens with zero attached hydrogens (tertiary/aromatic N) is 1. The molecular weight excluding hydrogens is 218 g/mol. The third-order valence-corrected chi connectivity index (χ3v) is 2.43. The first-order chi connectivity index (χ1) is 7.20. The highest BCUT2D eigenvalue weighted by atomic mass is 35.5. The van der Waals surface area contributed by atoms with E-state index in [0.717, 1.165) is 0 Å². The van der Waals surface area contributed by atoms with Crippen molar-refractivity contribution in [2.75, 3.05) is 18.1 Å². The number of carbonyl (C=O) groups excluding carboxylic acids is 1. The lowest BCUT2D eigenvalue weighted by molar-refractivity contribution is 0.0963. The van der Waals surface area contributed by atoms with Gasteiger partial charge in [0.1, 0.15) is 6.10 Å². The third kappa shape index (κ3) is 2.06. The molecule has 0 radical (unpaired) electrons. The number of ether oxygens (including phenoxy) is 1. The number of hydrogen-bond donors (Lipinski definition) is 1. The number of amides is 1. The lowest BCUT2D eigenvalue weighted by Gasteiger charge is -2.12. The fraction of sp³-hybridized carbons (Fsp3) is 0.300. The maximum Gasteiger partial charge on any atom is 0.414 e. The van der Waals surface area contributed by atoms with Gasteiger partial charge in [-0.3, -0.25) is 4.90 Å². The van der Waals surface area contributed by atoms with E-state index in [-0.39, 0.29) is 6.61 Å². The van der Waals surface area contributed by atoms with Crippen LogP contribution >= 0.6 is 11.6 Å². The molecule has 0 spiro atoms. The summed E-state index contributed by atoms with van der Waals surface area (Å²) >= 11 is 5.81. The second-order valence-corrected chi connectivity index (χ2v) is 3.72. The summed E-state index contributed by atoms with van der Waals surface area (Å²) in [5, 5.41) is 9.44. The molecule has 1 fully saturated rings. The van der Waals surface area contributed by atoms with E-state index in [2.05, 4.69) is 0 Å². The van der Waals surface area contributed by atoms with E-state index in [1.165, 1.54) is 4.90 Å². The van der Waals surface area contributed by atoms with Gasteiger partial charge in [-0.25, -0.2) is 4.79 Å². The van der Waals surface area contributed by atoms with Crippen molar-refractivity contribution in [2.24, 2.45) is 0 Å². The van der Waals surface area contributed by atoms with Gasteiger partial charge in [-0.2, -0.15) is 0 Å². The van der Waals surface area contributed by atoms with Gasteiger partial charge in [-0.1, -0.05) is 17.7 Å². The van der Waals surface area contributed by atoms with Crippen molar-refractivity contribution in [1.82, 2.24) is 0 Å². The zero-order chi connectivity index (χ0) is 10.8. The normalized spacial score (nSPS) is 20.5. The molecule has 1 aromatic carbocycles. The zero-order valence-corrected chi connectivity index (χ0v) is 8.65. The quantitative estimate of drug-likeness (QED) is 0.836. The Kier molecular flexibility index (Phi) is 2.79. The molecule has 5 heteroatoms. The van der Waals surface area contributed by atoms with E-state index in [9.17, 15) is 4.79 Å². The fourth-order valence-electron chi connectivity index (χ4n) is 1.47. The second-order valence-electron chi connectivity index (χ2n) is 3.28. The van der Waals surface area contributed by atoms with E-state index in [4.69, 9.17) is 21.4 Å². The molecule has 15 heavy (non-hydrogen) atoms. The number of cyclic esters (lactones) is 1. The van der Waals surface area contributed by atoms with Gasteiger partial charge in [0.15, 0.2) is 0 Å². The lowest BCUT2D eigenvalue weighted by Crippen LogP contribution is -2.25. The predicted octanol–water partition coefficient (Wildman–Crippen LogP) is 1.66. The van der Waals surface area contributed by atoms with Gasteiger partial charge in [0.05, 0.1) is 13.2 Å². The average Bonchev–Trinajstić information content (AvgIpc) is 2.60. The van der Waals surface area contributed by atoms with Crippen LogP contribution in [0.1, 0.15) is 0 Å². The highest BCUT2D eigenvalue weighted by molar-refractivity contribution is 6.30. The summed E-state index contributed by atoms with van der Waals surface area (Å²) < 4.78 is 4.91. The summed E-state index contributed by atoms with van der Waals surface area (Å²) in [7, 11) is 0. The van der Waals surface area contributed by atoms with Crippen molar-refractivity contribution in [3.63, 3.8) is 0 Å². The molecule has 1 atom stereocenters. The number of hydrogen-bond acceptors (Lipinski definition) is 3. The van der Waals surface area contributed by atoms with E-state index in [1.54, 1.807) is 24.3 Å². The summed E-state index contributed by atoms with van der Waals surface area (Å²) in [4.78, 5) is 12.9. The molecule has 1 aliphatic heterocycles. The monoisotopic (exact) mass is 227 g/mol. The van der Waals surface area contributed by atoms with Gasteiger partial charge < -0.3 is 9.84 Å². The van der Waals surface area contributed by atoms with Crippen molar-refractivity contribution in [1.29, 1.82) is 0 Å². The van der Waals surface area contributed by atoms with Crippen LogP contribution in [0.3, 0.4) is 0 Å². The van der Waals surface area contributed by atoms with Crippen LogP contribution in [0.25, 0.3) is 0 Å². The Labute approximate surface area is 92.0 Å². The molecule has 0 saturated carbocycles. The van der Waals surface area contributed by atoms with Crippen LogP contribution in [0, 0.1) is 0 Å². The number of anilines is 1. The van der Waals surface area contributed by atoms with E-state index >= 15 is 0 Å². The Morgan fingerprint density at radius 3 is 3.00 bits per heavy atom. The molecule has 4 nitrogen and oxygen atoms in total. The number of carbonyl (C=O) groups is 1. The van der Waals surface area contributed by atoms with Gasteiger partial charge in [0.2, 0.25) is 0 Å². The molecule has 2 rings (SSSR count). The molecule has 0 aliphatic carbocycles. The molecule has 1 N–H and O–H groups in total. The van der Waals surface area contributed by atoms with Gasteiger partial charge in [-0.15, -0.1) is 0 Å². The van der Waals surface area contributed by atoms with Crippen LogP contribution in [0.2, 0.25) is 5.02 Å². The molecule has 1 heterocycles. The van der Waals surface area contributed by atoms with Crippen LogP contribution < -0.4 is 4.90 Å². The van der Waals surface area contributed by atoms with E-state index in [0.29, 0.717) is 17.3 Å². The Hall–Kier alpha value is -1.26. The van der Waals surface area contributed by atoms with E-state index < -0.39 is 12.2 Å². The minimum atomic E-state index is -0.448. The van der Waals surface area contributed by atoms with Gasteiger partial charge in [-0.05, 0) is 18.2 Å². The molecule has 1 saturated heterocycles. The largest absolute Gasteiger partial charge is 0.441 e. The minimum absolute atomic E-state index is 0.164. The smallest absolute Gasteiger partial charge is 0.414 e. The minimum Gasteiger partial charge on any atom is -0.441 e. The van der Waals surface area contributed by atoms with Crippen molar-refractivity contribution in [3.05, 3.63) is 29.3 Å². The molecule has 0 unspecified atom stereocenters. The molecule has 1 aromatic rings. The molecule has 80 valence electrons. The van der Waals surface area contributed by atoms with Crippen molar-refractivity contribution >= 4 is 23.4 Å². The highest BCUT2D eigenvalue weighted by Crippen LogP contribution is 2.24. The van der Waals surface area contributed by atoms with Crippen LogP contribution in [-0.2, 0) is 4.74 Å².